The molecule has 2 heterocycles. The maximum atomic E-state index is 13.3. The molecular weight excluding hydrogens is 336 g/mol. The van der Waals surface area contributed by atoms with Crippen LogP contribution >= 0.6 is 0 Å². The molecule has 0 spiro atoms. The third-order valence-electron chi connectivity index (χ3n) is 3.28. The molecule has 9 heteroatoms. The average Bonchev–Trinajstić information content (AvgIpc) is 2.85. The van der Waals surface area contributed by atoms with Crippen LogP contribution in [0.1, 0.15) is 5.82 Å². The summed E-state index contributed by atoms with van der Waals surface area (Å²) < 4.78 is 78.4. The Balaban J connectivity index is 2.29. The lowest BCUT2D eigenvalue weighted by atomic mass is 10.1. The van der Waals surface area contributed by atoms with Crippen molar-refractivity contribution in [1.82, 2.24) is 14.5 Å². The number of fused-ring (bicyclic) bond motifs is 1. The maximum absolute atomic E-state index is 13.3. The average molecular weight is 344 g/mol. The van der Waals surface area contributed by atoms with E-state index in [1.165, 1.54) is 12.1 Å². The molecule has 1 radical (unpaired) electrons. The molecule has 125 valence electrons. The first-order chi connectivity index (χ1) is 11.3. The number of benzene rings is 1. The number of aromatic nitrogens is 3. The minimum Gasteiger partial charge on any atom is -0.314 e. The predicted octanol–water partition coefficient (Wildman–Crippen LogP) is 4.32. The summed E-state index contributed by atoms with van der Waals surface area (Å²) in [6, 6.07) is 7.08. The third-order valence-corrected chi connectivity index (χ3v) is 3.28. The molecule has 0 aliphatic rings. The van der Waals surface area contributed by atoms with Crippen LogP contribution in [0.25, 0.3) is 22.3 Å². The molecule has 0 amide bonds. The van der Waals surface area contributed by atoms with Crippen molar-refractivity contribution in [2.24, 2.45) is 0 Å². The molecule has 0 fully saturated rings. The molecule has 3 aromatic rings. The van der Waals surface area contributed by atoms with Crippen LogP contribution in [0.15, 0.2) is 30.5 Å². The Bertz CT molecular complexity index is 885. The van der Waals surface area contributed by atoms with Crippen molar-refractivity contribution >= 4 is 11.0 Å². The fraction of sp³-hybridized carbons (Fsp3) is 0.200. The molecule has 0 atom stereocenters. The van der Waals surface area contributed by atoms with Crippen LogP contribution < -0.4 is 0 Å². The number of nitrogens with zero attached hydrogens (tertiary/aromatic N) is 3. The molecule has 0 unspecified atom stereocenters. The zero-order valence-corrected chi connectivity index (χ0v) is 11.8. The molecule has 0 bridgehead atoms. The van der Waals surface area contributed by atoms with Crippen LogP contribution in [-0.4, -0.2) is 21.0 Å². The maximum Gasteiger partial charge on any atom is 0.449 e. The normalized spacial score (nSPS) is 12.3. The summed E-state index contributed by atoms with van der Waals surface area (Å²) in [5.74, 6) is -2.18. The summed E-state index contributed by atoms with van der Waals surface area (Å²) in [5, 5.41) is 0. The number of halogens is 6. The number of pyridine rings is 1. The minimum atomic E-state index is -4.92. The van der Waals surface area contributed by atoms with E-state index in [-0.39, 0.29) is 22.3 Å². The van der Waals surface area contributed by atoms with Gasteiger partial charge in [0, 0.05) is 17.8 Å². The van der Waals surface area contributed by atoms with Gasteiger partial charge in [-0.1, -0.05) is 12.1 Å². The fourth-order valence-electron chi connectivity index (χ4n) is 2.39. The molecule has 0 N–H and O–H groups in total. The predicted molar refractivity (Wildman–Crippen MR) is 72.8 cm³/mol. The van der Waals surface area contributed by atoms with Crippen LogP contribution in [0, 0.1) is 11.9 Å². The largest absolute Gasteiger partial charge is 0.449 e. The molecule has 24 heavy (non-hydrogen) atoms. The van der Waals surface area contributed by atoms with Gasteiger partial charge in [0.2, 0.25) is 5.82 Å². The zero-order valence-electron chi connectivity index (χ0n) is 11.8. The zero-order chi connectivity index (χ0) is 17.5. The van der Waals surface area contributed by atoms with Gasteiger partial charge in [0.15, 0.2) is 0 Å². The van der Waals surface area contributed by atoms with Crippen LogP contribution in [0.4, 0.5) is 26.3 Å². The summed E-state index contributed by atoms with van der Waals surface area (Å²) in [6.07, 6.45) is -6.75. The van der Waals surface area contributed by atoms with E-state index < -0.39 is 30.8 Å². The van der Waals surface area contributed by atoms with Gasteiger partial charge in [-0.05, 0) is 12.1 Å². The van der Waals surface area contributed by atoms with E-state index in [2.05, 4.69) is 16.0 Å². The second-order valence-electron chi connectivity index (χ2n) is 4.89. The Morgan fingerprint density at radius 1 is 1.21 bits per heavy atom. The van der Waals surface area contributed by atoms with E-state index in [0.717, 1.165) is 18.3 Å². The summed E-state index contributed by atoms with van der Waals surface area (Å²) in [6.45, 7) is -1.16. The molecule has 2 aromatic heterocycles. The van der Waals surface area contributed by atoms with Gasteiger partial charge in [-0.3, -0.25) is 4.98 Å². The van der Waals surface area contributed by atoms with Gasteiger partial charge in [-0.15, -0.1) is 0 Å². The van der Waals surface area contributed by atoms with E-state index in [1.807, 2.05) is 0 Å². The van der Waals surface area contributed by atoms with Crippen molar-refractivity contribution < 1.29 is 26.3 Å². The van der Waals surface area contributed by atoms with Crippen molar-refractivity contribution in [2.45, 2.75) is 19.1 Å². The van der Waals surface area contributed by atoms with Gasteiger partial charge in [0.1, 0.15) is 11.3 Å². The van der Waals surface area contributed by atoms with Crippen molar-refractivity contribution in [3.8, 4) is 11.3 Å². The van der Waals surface area contributed by atoms with Crippen LogP contribution in [-0.2, 0) is 12.7 Å². The first kappa shape index (κ1) is 16.3. The Labute approximate surface area is 131 Å². The molecule has 3 nitrogen and oxygen atoms in total. The second-order valence-corrected chi connectivity index (χ2v) is 4.89. The number of alkyl halides is 5. The van der Waals surface area contributed by atoms with Gasteiger partial charge in [0.25, 0.3) is 6.43 Å². The van der Waals surface area contributed by atoms with Crippen molar-refractivity contribution in [2.75, 3.05) is 0 Å². The highest BCUT2D eigenvalue weighted by Crippen LogP contribution is 2.34. The van der Waals surface area contributed by atoms with Crippen molar-refractivity contribution in [3.05, 3.63) is 48.2 Å². The lowest BCUT2D eigenvalue weighted by Crippen LogP contribution is -2.17. The van der Waals surface area contributed by atoms with E-state index in [9.17, 15) is 26.3 Å². The SMILES string of the molecule is Fc1[c]ccc(-c2nccc3c2nc(C(F)(F)F)n3CC(F)F)c1. The molecule has 0 saturated heterocycles. The van der Waals surface area contributed by atoms with E-state index in [4.69, 9.17) is 0 Å². The molecule has 3 rings (SSSR count). The number of rotatable bonds is 3. The van der Waals surface area contributed by atoms with Crippen molar-refractivity contribution in [1.29, 1.82) is 0 Å². The van der Waals surface area contributed by atoms with Gasteiger partial charge >= 0.3 is 6.18 Å². The lowest BCUT2D eigenvalue weighted by Gasteiger charge is -2.10. The summed E-state index contributed by atoms with van der Waals surface area (Å²) in [7, 11) is 0. The third kappa shape index (κ3) is 2.93. The van der Waals surface area contributed by atoms with Crippen LogP contribution in [0.3, 0.4) is 0 Å². The Morgan fingerprint density at radius 2 is 1.96 bits per heavy atom. The quantitative estimate of drug-likeness (QED) is 0.663. The number of hydrogen-bond acceptors (Lipinski definition) is 2. The summed E-state index contributed by atoms with van der Waals surface area (Å²) in [4.78, 5) is 7.38. The second kappa shape index (κ2) is 5.81. The smallest absolute Gasteiger partial charge is 0.314 e. The van der Waals surface area contributed by atoms with Gasteiger partial charge < -0.3 is 4.57 Å². The molecule has 0 aliphatic carbocycles. The number of hydrogen-bond donors (Lipinski definition) is 0. The minimum absolute atomic E-state index is 0.0288. The van der Waals surface area contributed by atoms with Crippen LogP contribution in [0.5, 0.6) is 0 Å². The molecule has 0 aliphatic heterocycles. The highest BCUT2D eigenvalue weighted by atomic mass is 19.4. The van der Waals surface area contributed by atoms with Gasteiger partial charge in [-0.25, -0.2) is 18.2 Å². The van der Waals surface area contributed by atoms with Gasteiger partial charge in [0.05, 0.1) is 17.8 Å². The molecule has 0 saturated carbocycles. The highest BCUT2D eigenvalue weighted by Gasteiger charge is 2.38. The Hall–Kier alpha value is -2.58. The molecular formula is C15H8F6N3. The first-order valence-corrected chi connectivity index (χ1v) is 6.65. The fourth-order valence-corrected chi connectivity index (χ4v) is 2.39. The van der Waals surface area contributed by atoms with Crippen LogP contribution in [0.2, 0.25) is 0 Å². The summed E-state index contributed by atoms with van der Waals surface area (Å²) >= 11 is 0. The first-order valence-electron chi connectivity index (χ1n) is 6.65. The van der Waals surface area contributed by atoms with Gasteiger partial charge in [-0.2, -0.15) is 13.2 Å². The molecule has 1 aromatic carbocycles. The lowest BCUT2D eigenvalue weighted by molar-refractivity contribution is -0.147. The standard InChI is InChI=1S/C15H8F6N3/c16-9-3-1-2-8(6-9)12-13-10(4-5-22-12)24(7-11(17)18)14(23-13)15(19,20)21/h1-2,4-6,11H,7H2. The Morgan fingerprint density at radius 3 is 2.58 bits per heavy atom. The Kier molecular flexibility index (Phi) is 3.94. The highest BCUT2D eigenvalue weighted by molar-refractivity contribution is 5.90. The monoisotopic (exact) mass is 344 g/mol. The number of imidazole rings is 1. The van der Waals surface area contributed by atoms with Crippen molar-refractivity contribution in [3.63, 3.8) is 0 Å². The summed E-state index contributed by atoms with van der Waals surface area (Å²) in [5.41, 5.74) is -0.233. The van der Waals surface area contributed by atoms with E-state index >= 15 is 0 Å². The van der Waals surface area contributed by atoms with E-state index in [0.29, 0.717) is 4.57 Å². The van der Waals surface area contributed by atoms with E-state index in [1.54, 1.807) is 0 Å². The topological polar surface area (TPSA) is 30.7 Å².